The molecule has 6 nitrogen and oxygen atoms in total. The average molecular weight is 425 g/mol. The average Bonchev–Trinajstić information content (AvgIpc) is 3.19. The summed E-state index contributed by atoms with van der Waals surface area (Å²) in [6.07, 6.45) is 9.63. The number of aromatic nitrogens is 3. The van der Waals surface area contributed by atoms with Gasteiger partial charge in [-0.1, -0.05) is 48.5 Å². The Morgan fingerprint density at radius 3 is 2.75 bits per heavy atom. The van der Waals surface area contributed by atoms with E-state index in [4.69, 9.17) is 10.5 Å². The maximum Gasteiger partial charge on any atom is 0.146 e. The lowest BCUT2D eigenvalue weighted by atomic mass is 9.81. The van der Waals surface area contributed by atoms with Crippen LogP contribution in [-0.2, 0) is 0 Å². The zero-order chi connectivity index (χ0) is 21.7. The Labute approximate surface area is 186 Å². The molecule has 160 valence electrons. The summed E-state index contributed by atoms with van der Waals surface area (Å²) in [5, 5.41) is 10.3. The van der Waals surface area contributed by atoms with Gasteiger partial charge in [-0.05, 0) is 42.0 Å². The van der Waals surface area contributed by atoms with Crippen molar-refractivity contribution in [3.05, 3.63) is 78.3 Å². The molecule has 2 aromatic carbocycles. The molecule has 1 atom stereocenters. The largest absolute Gasteiger partial charge is 0.481 e. The first-order valence-corrected chi connectivity index (χ1v) is 11.0. The van der Waals surface area contributed by atoms with Crippen LogP contribution in [0.25, 0.3) is 28.2 Å². The fourth-order valence-corrected chi connectivity index (χ4v) is 4.81. The molecule has 3 heterocycles. The minimum atomic E-state index is -0.112. The summed E-state index contributed by atoms with van der Waals surface area (Å²) in [5.41, 5.74) is 11.4. The summed E-state index contributed by atoms with van der Waals surface area (Å²) in [6, 6.07) is 16.8. The van der Waals surface area contributed by atoms with Gasteiger partial charge in [0, 0.05) is 30.0 Å². The molecule has 0 spiro atoms. The second-order valence-corrected chi connectivity index (χ2v) is 8.64. The van der Waals surface area contributed by atoms with Gasteiger partial charge in [-0.3, -0.25) is 0 Å². The number of aliphatic hydroxyl groups is 1. The van der Waals surface area contributed by atoms with Crippen molar-refractivity contribution in [3.8, 4) is 16.9 Å². The number of hydrogen-bond donors (Lipinski definition) is 2. The minimum Gasteiger partial charge on any atom is -0.481 e. The molecule has 4 aromatic rings. The van der Waals surface area contributed by atoms with Crippen LogP contribution in [0.2, 0.25) is 0 Å². The highest BCUT2D eigenvalue weighted by molar-refractivity contribution is 6.01. The number of anilines is 1. The van der Waals surface area contributed by atoms with Gasteiger partial charge in [0.2, 0.25) is 0 Å². The first-order chi connectivity index (χ1) is 15.7. The molecular formula is C26H24N4O2. The molecule has 2 aromatic heterocycles. The van der Waals surface area contributed by atoms with Crippen LogP contribution in [0.5, 0.6) is 5.75 Å². The van der Waals surface area contributed by atoms with Gasteiger partial charge in [0.05, 0.1) is 5.39 Å². The first kappa shape index (κ1) is 19.1. The number of rotatable bonds is 4. The first-order valence-electron chi connectivity index (χ1n) is 11.0. The summed E-state index contributed by atoms with van der Waals surface area (Å²) >= 11 is 0. The predicted molar refractivity (Wildman–Crippen MR) is 125 cm³/mol. The van der Waals surface area contributed by atoms with E-state index in [-0.39, 0.29) is 12.7 Å². The number of fused-ring (bicyclic) bond motifs is 2. The Hall–Kier alpha value is -3.64. The fraction of sp³-hybridized carbons (Fsp3) is 0.231. The molecule has 0 radical (unpaired) electrons. The monoisotopic (exact) mass is 424 g/mol. The molecule has 0 unspecified atom stereocenters. The third-order valence-corrected chi connectivity index (χ3v) is 6.66. The van der Waals surface area contributed by atoms with E-state index in [0.29, 0.717) is 17.8 Å². The number of ether oxygens (including phenoxy) is 1. The van der Waals surface area contributed by atoms with Gasteiger partial charge >= 0.3 is 0 Å². The summed E-state index contributed by atoms with van der Waals surface area (Å²) < 4.78 is 8.55. The molecule has 1 aliphatic carbocycles. The van der Waals surface area contributed by atoms with E-state index in [1.807, 2.05) is 18.2 Å². The Bertz CT molecular complexity index is 1320. The van der Waals surface area contributed by atoms with Crippen molar-refractivity contribution >= 4 is 22.9 Å². The van der Waals surface area contributed by atoms with Gasteiger partial charge in [0.25, 0.3) is 0 Å². The van der Waals surface area contributed by atoms with E-state index in [0.717, 1.165) is 51.9 Å². The van der Waals surface area contributed by atoms with Gasteiger partial charge in [0.1, 0.15) is 29.6 Å². The number of nitrogens with zero attached hydrogens (tertiary/aromatic N) is 3. The smallest absolute Gasteiger partial charge is 0.146 e. The second kappa shape index (κ2) is 7.50. The van der Waals surface area contributed by atoms with E-state index in [1.54, 1.807) is 0 Å². The van der Waals surface area contributed by atoms with Crippen LogP contribution in [0, 0.1) is 5.92 Å². The topological polar surface area (TPSA) is 86.2 Å². The van der Waals surface area contributed by atoms with Gasteiger partial charge < -0.3 is 20.1 Å². The van der Waals surface area contributed by atoms with Crippen LogP contribution >= 0.6 is 0 Å². The minimum absolute atomic E-state index is 0.112. The number of nitrogens with two attached hydrogens (primary N) is 1. The van der Waals surface area contributed by atoms with Gasteiger partial charge in [-0.25, -0.2) is 9.97 Å². The highest BCUT2D eigenvalue weighted by atomic mass is 16.5. The highest BCUT2D eigenvalue weighted by Crippen LogP contribution is 2.44. The standard InChI is InChI=1S/C26H24N4O2/c27-25-24-21(13-30(26(24)29-15-28-25)20-10-16(11-20)14-31)19-7-6-18-8-9-22(32-23(18)12-19)17-4-2-1-3-5-17/h1-9,12-13,15-16,20,22,31H,10-11,14H2,(H2,27,28,29)/t16?,20?,22-/m1/s1. The molecule has 32 heavy (non-hydrogen) atoms. The van der Waals surface area contributed by atoms with Crippen LogP contribution in [0.4, 0.5) is 5.82 Å². The third-order valence-electron chi connectivity index (χ3n) is 6.66. The Morgan fingerprint density at radius 1 is 1.09 bits per heavy atom. The number of hydrogen-bond acceptors (Lipinski definition) is 5. The van der Waals surface area contributed by atoms with Crippen LogP contribution in [0.1, 0.15) is 36.1 Å². The van der Waals surface area contributed by atoms with E-state index in [2.05, 4.69) is 63.2 Å². The summed E-state index contributed by atoms with van der Waals surface area (Å²) in [6.45, 7) is 0.234. The van der Waals surface area contributed by atoms with Crippen molar-refractivity contribution in [1.82, 2.24) is 14.5 Å². The lowest BCUT2D eigenvalue weighted by molar-refractivity contribution is 0.114. The van der Waals surface area contributed by atoms with Crippen molar-refractivity contribution in [1.29, 1.82) is 0 Å². The lowest BCUT2D eigenvalue weighted by Crippen LogP contribution is -2.28. The SMILES string of the molecule is Nc1ncnc2c1c(-c1ccc3c(c1)O[C@@H](c1ccccc1)C=C3)cn2C1CC(CO)C1. The molecule has 1 saturated carbocycles. The maximum absolute atomic E-state index is 9.43. The molecule has 0 bridgehead atoms. The lowest BCUT2D eigenvalue weighted by Gasteiger charge is -2.35. The van der Waals surface area contributed by atoms with E-state index in [9.17, 15) is 5.11 Å². The highest BCUT2D eigenvalue weighted by Gasteiger charge is 2.32. The van der Waals surface area contributed by atoms with Gasteiger partial charge in [-0.2, -0.15) is 0 Å². The Kier molecular flexibility index (Phi) is 4.47. The van der Waals surface area contributed by atoms with Crippen molar-refractivity contribution < 1.29 is 9.84 Å². The van der Waals surface area contributed by atoms with Crippen molar-refractivity contribution in [3.63, 3.8) is 0 Å². The molecular weight excluding hydrogens is 400 g/mol. The molecule has 3 N–H and O–H groups in total. The van der Waals surface area contributed by atoms with Crippen LogP contribution in [-0.4, -0.2) is 26.2 Å². The molecule has 6 rings (SSSR count). The zero-order valence-electron chi connectivity index (χ0n) is 17.6. The summed E-state index contributed by atoms with van der Waals surface area (Å²) in [7, 11) is 0. The van der Waals surface area contributed by atoms with E-state index >= 15 is 0 Å². The Balaban J connectivity index is 1.41. The molecule has 0 amide bonds. The van der Waals surface area contributed by atoms with E-state index < -0.39 is 0 Å². The molecule has 6 heteroatoms. The third kappa shape index (κ3) is 3.07. The molecule has 1 aliphatic heterocycles. The van der Waals surface area contributed by atoms with Gasteiger partial charge in [-0.15, -0.1) is 0 Å². The van der Waals surface area contributed by atoms with Gasteiger partial charge in [0.15, 0.2) is 0 Å². The van der Waals surface area contributed by atoms with Crippen LogP contribution in [0.15, 0.2) is 67.1 Å². The molecule has 0 saturated heterocycles. The van der Waals surface area contributed by atoms with E-state index in [1.165, 1.54) is 6.33 Å². The van der Waals surface area contributed by atoms with Crippen molar-refractivity contribution in [2.24, 2.45) is 5.92 Å². The van der Waals surface area contributed by atoms with Crippen LogP contribution in [0.3, 0.4) is 0 Å². The predicted octanol–water partition coefficient (Wildman–Crippen LogP) is 4.77. The number of benzene rings is 2. The second-order valence-electron chi connectivity index (χ2n) is 8.64. The summed E-state index contributed by atoms with van der Waals surface area (Å²) in [5.74, 6) is 1.68. The molecule has 1 fully saturated rings. The van der Waals surface area contributed by atoms with Crippen molar-refractivity contribution in [2.45, 2.75) is 25.0 Å². The molecule has 2 aliphatic rings. The number of nitrogen functional groups attached to an aromatic ring is 1. The Morgan fingerprint density at radius 2 is 1.94 bits per heavy atom. The normalized spacial score (nSPS) is 21.7. The zero-order valence-corrected chi connectivity index (χ0v) is 17.6. The van der Waals surface area contributed by atoms with Crippen molar-refractivity contribution in [2.75, 3.05) is 12.3 Å². The number of aliphatic hydroxyl groups excluding tert-OH is 1. The fourth-order valence-electron chi connectivity index (χ4n) is 4.81. The summed E-state index contributed by atoms with van der Waals surface area (Å²) in [4.78, 5) is 8.80. The van der Waals surface area contributed by atoms with Crippen LogP contribution < -0.4 is 10.5 Å². The quantitative estimate of drug-likeness (QED) is 0.493. The maximum atomic E-state index is 9.43.